The van der Waals surface area contributed by atoms with E-state index in [-0.39, 0.29) is 24.2 Å². The van der Waals surface area contributed by atoms with Crippen molar-refractivity contribution in [3.05, 3.63) is 75.3 Å². The fourth-order valence-corrected chi connectivity index (χ4v) is 4.93. The van der Waals surface area contributed by atoms with Crippen molar-refractivity contribution >= 4 is 27.9 Å². The highest BCUT2D eigenvalue weighted by Crippen LogP contribution is 2.45. The van der Waals surface area contributed by atoms with Crippen LogP contribution in [0.4, 0.5) is 10.1 Å². The van der Waals surface area contributed by atoms with Gasteiger partial charge in [-0.1, -0.05) is 0 Å². The van der Waals surface area contributed by atoms with Crippen LogP contribution in [0.5, 0.6) is 0 Å². The average Bonchev–Trinajstić information content (AvgIpc) is 3.20. The molecule has 0 bridgehead atoms. The molecule has 1 aromatic carbocycles. The molecule has 34 heavy (non-hydrogen) atoms. The quantitative estimate of drug-likeness (QED) is 0.340. The number of oxazole rings is 1. The molecule has 1 atom stereocenters. The monoisotopic (exact) mass is 487 g/mol. The highest BCUT2D eigenvalue weighted by molar-refractivity contribution is 7.80. The molecule has 0 saturated heterocycles. The van der Waals surface area contributed by atoms with Crippen LogP contribution in [0.3, 0.4) is 0 Å². The SMILES string of the molecule is Cn1cc(Cn2c(=O)c3cc(N(S(=O)[O-])C4(CF)CC4)ccc3n(Cc3cnco3)c2=O)cn1. The van der Waals surface area contributed by atoms with Crippen LogP contribution in [-0.2, 0) is 31.4 Å². The van der Waals surface area contributed by atoms with Crippen LogP contribution in [-0.4, -0.2) is 44.9 Å². The lowest BCUT2D eigenvalue weighted by molar-refractivity contribution is 0.411. The number of nitrogens with zero attached hydrogens (tertiary/aromatic N) is 6. The van der Waals surface area contributed by atoms with Gasteiger partial charge in [0.25, 0.3) is 5.56 Å². The minimum absolute atomic E-state index is 0.00756. The second kappa shape index (κ2) is 8.33. The van der Waals surface area contributed by atoms with Gasteiger partial charge in [0, 0.05) is 35.8 Å². The van der Waals surface area contributed by atoms with E-state index >= 15 is 0 Å². The van der Waals surface area contributed by atoms with Crippen LogP contribution in [0.2, 0.25) is 0 Å². The Morgan fingerprint density at radius 3 is 2.62 bits per heavy atom. The maximum atomic E-state index is 13.7. The number of hydrogen-bond acceptors (Lipinski definition) is 7. The first-order valence-corrected chi connectivity index (χ1v) is 11.4. The molecule has 5 rings (SSSR count). The number of fused-ring (bicyclic) bond motifs is 1. The van der Waals surface area contributed by atoms with Gasteiger partial charge >= 0.3 is 5.69 Å². The summed E-state index contributed by atoms with van der Waals surface area (Å²) in [4.78, 5) is 30.7. The van der Waals surface area contributed by atoms with E-state index in [1.165, 1.54) is 35.4 Å². The van der Waals surface area contributed by atoms with E-state index in [0.29, 0.717) is 29.7 Å². The standard InChI is InChI=1S/C21H21FN6O5S/c1-25-9-14(7-24-25)10-27-19(29)17-6-15(28(34(31)32)21(12-22)4-5-21)2-3-18(17)26(20(27)30)11-16-8-23-13-33-16/h2-3,6-9,13H,4-5,10-12H2,1H3,(H,31,32)/p-1. The van der Waals surface area contributed by atoms with Crippen LogP contribution in [0, 0.1) is 0 Å². The second-order valence-electron chi connectivity index (χ2n) is 8.32. The fraction of sp³-hybridized carbons (Fsp3) is 0.333. The molecular weight excluding hydrogens is 467 g/mol. The van der Waals surface area contributed by atoms with Crippen LogP contribution in [0.25, 0.3) is 10.9 Å². The fourth-order valence-electron chi connectivity index (χ4n) is 4.10. The van der Waals surface area contributed by atoms with E-state index in [4.69, 9.17) is 4.42 Å². The van der Waals surface area contributed by atoms with Gasteiger partial charge in [0.05, 0.1) is 41.9 Å². The van der Waals surface area contributed by atoms with Gasteiger partial charge in [0.15, 0.2) is 6.39 Å². The van der Waals surface area contributed by atoms with Crippen LogP contribution >= 0.6 is 0 Å². The number of anilines is 1. The van der Waals surface area contributed by atoms with Crippen molar-refractivity contribution in [2.45, 2.75) is 31.5 Å². The van der Waals surface area contributed by atoms with E-state index in [1.54, 1.807) is 24.1 Å². The summed E-state index contributed by atoms with van der Waals surface area (Å²) in [5, 5.41) is 4.19. The van der Waals surface area contributed by atoms with Gasteiger partial charge in [-0.15, -0.1) is 0 Å². The number of alkyl halides is 1. The third kappa shape index (κ3) is 3.76. The van der Waals surface area contributed by atoms with Crippen molar-refractivity contribution in [3.8, 4) is 0 Å². The first kappa shape index (κ1) is 22.2. The van der Waals surface area contributed by atoms with Crippen molar-refractivity contribution in [3.63, 3.8) is 0 Å². The Kier molecular flexibility index (Phi) is 5.44. The van der Waals surface area contributed by atoms with E-state index in [2.05, 4.69) is 10.1 Å². The number of halogens is 1. The molecule has 1 saturated carbocycles. The molecule has 0 spiro atoms. The van der Waals surface area contributed by atoms with Crippen molar-refractivity contribution in [1.82, 2.24) is 23.9 Å². The van der Waals surface area contributed by atoms with Gasteiger partial charge in [0.1, 0.15) is 12.4 Å². The number of aryl methyl sites for hydroxylation is 1. The molecule has 1 aliphatic rings. The van der Waals surface area contributed by atoms with Gasteiger partial charge in [-0.05, 0) is 31.0 Å². The molecule has 4 aromatic rings. The zero-order valence-electron chi connectivity index (χ0n) is 18.1. The van der Waals surface area contributed by atoms with Crippen LogP contribution in [0.15, 0.2) is 57.2 Å². The lowest BCUT2D eigenvalue weighted by atomic mass is 10.2. The highest BCUT2D eigenvalue weighted by Gasteiger charge is 2.49. The summed E-state index contributed by atoms with van der Waals surface area (Å²) in [7, 11) is 1.72. The minimum Gasteiger partial charge on any atom is -0.755 e. The van der Waals surface area contributed by atoms with Gasteiger partial charge in [-0.2, -0.15) is 5.10 Å². The molecule has 0 aliphatic heterocycles. The Morgan fingerprint density at radius 2 is 2.03 bits per heavy atom. The molecule has 1 fully saturated rings. The summed E-state index contributed by atoms with van der Waals surface area (Å²) >= 11 is -2.75. The molecule has 0 radical (unpaired) electrons. The molecular formula is C21H20FN6O5S-. The lowest BCUT2D eigenvalue weighted by Gasteiger charge is -2.33. The number of aromatic nitrogens is 5. The van der Waals surface area contributed by atoms with Gasteiger partial charge in [-0.25, -0.2) is 14.2 Å². The molecule has 1 unspecified atom stereocenters. The third-order valence-electron chi connectivity index (χ3n) is 6.00. The van der Waals surface area contributed by atoms with Gasteiger partial charge < -0.3 is 8.97 Å². The Hall–Kier alpha value is -3.58. The zero-order chi connectivity index (χ0) is 24.0. The highest BCUT2D eigenvalue weighted by atomic mass is 32.2. The van der Waals surface area contributed by atoms with Gasteiger partial charge in [0.2, 0.25) is 0 Å². The Balaban J connectivity index is 1.72. The molecule has 178 valence electrons. The maximum absolute atomic E-state index is 13.7. The Labute approximate surface area is 194 Å². The van der Waals surface area contributed by atoms with E-state index in [0.717, 1.165) is 8.87 Å². The molecule has 11 nitrogen and oxygen atoms in total. The van der Waals surface area contributed by atoms with Crippen molar-refractivity contribution < 1.29 is 17.6 Å². The van der Waals surface area contributed by atoms with Crippen LogP contribution in [0.1, 0.15) is 24.2 Å². The number of hydrogen-bond donors (Lipinski definition) is 0. The van der Waals surface area contributed by atoms with E-state index in [1.807, 2.05) is 0 Å². The molecule has 1 aliphatic carbocycles. The van der Waals surface area contributed by atoms with Gasteiger partial charge in [-0.3, -0.25) is 27.1 Å². The predicted octanol–water partition coefficient (Wildman–Crippen LogP) is 1.08. The zero-order valence-corrected chi connectivity index (χ0v) is 18.9. The summed E-state index contributed by atoms with van der Waals surface area (Å²) in [5.41, 5.74) is -1.22. The molecule has 3 aromatic heterocycles. The van der Waals surface area contributed by atoms with Crippen molar-refractivity contribution in [1.29, 1.82) is 0 Å². The molecule has 0 amide bonds. The summed E-state index contributed by atoms with van der Waals surface area (Å²) < 4.78 is 47.9. The Morgan fingerprint density at radius 1 is 1.24 bits per heavy atom. The summed E-state index contributed by atoms with van der Waals surface area (Å²) in [6.07, 6.45) is 6.70. The molecule has 3 heterocycles. The summed E-state index contributed by atoms with van der Waals surface area (Å²) in [6, 6.07) is 4.35. The summed E-state index contributed by atoms with van der Waals surface area (Å²) in [5.74, 6) is 0.399. The predicted molar refractivity (Wildman–Crippen MR) is 120 cm³/mol. The first-order chi connectivity index (χ1) is 16.3. The molecule has 0 N–H and O–H groups in total. The minimum atomic E-state index is -2.75. The number of benzene rings is 1. The Bertz CT molecular complexity index is 1500. The average molecular weight is 487 g/mol. The molecule has 13 heteroatoms. The normalized spacial score (nSPS) is 15.5. The van der Waals surface area contributed by atoms with Crippen molar-refractivity contribution in [2.24, 2.45) is 7.05 Å². The second-order valence-corrected chi connectivity index (χ2v) is 9.12. The van der Waals surface area contributed by atoms with E-state index in [9.17, 15) is 22.7 Å². The topological polar surface area (TPSA) is 131 Å². The van der Waals surface area contributed by atoms with E-state index < -0.39 is 34.7 Å². The maximum Gasteiger partial charge on any atom is 0.332 e. The largest absolute Gasteiger partial charge is 0.755 e. The smallest absolute Gasteiger partial charge is 0.332 e. The third-order valence-corrected chi connectivity index (χ3v) is 6.89. The number of rotatable bonds is 8. The lowest BCUT2D eigenvalue weighted by Crippen LogP contribution is -2.42. The first-order valence-electron chi connectivity index (χ1n) is 10.4. The van der Waals surface area contributed by atoms with Crippen molar-refractivity contribution in [2.75, 3.05) is 11.0 Å². The summed E-state index contributed by atoms with van der Waals surface area (Å²) in [6.45, 7) is -0.865. The van der Waals surface area contributed by atoms with Crippen LogP contribution < -0.4 is 15.6 Å².